The molecule has 11 rings (SSSR count). The summed E-state index contributed by atoms with van der Waals surface area (Å²) in [6, 6.07) is 69.2. The molecule has 5 nitrogen and oxygen atoms in total. The SMILES string of the molecule is CC(C)c1cc(-c2ccc(-c3ccccc3)cc2)cc(C(C)C)c1-n1c(-c2[c-]ccc3c2oc2cc(-c4ccccc4)c(C#N)cc23)nc2ccccc21.Fc1c[c-]c(-c2ccccn2)cc1.[Ir]. The zero-order valence-corrected chi connectivity index (χ0v) is 40.4. The summed E-state index contributed by atoms with van der Waals surface area (Å²) in [6.07, 6.45) is 1.70. The van der Waals surface area contributed by atoms with Crippen molar-refractivity contribution in [2.75, 3.05) is 0 Å². The van der Waals surface area contributed by atoms with Gasteiger partial charge in [-0.25, -0.2) is 0 Å². The van der Waals surface area contributed by atoms with Crippen LogP contribution in [0.5, 0.6) is 0 Å². The molecule has 0 aliphatic rings. The molecule has 0 saturated heterocycles. The maximum atomic E-state index is 12.6. The number of benzene rings is 8. The van der Waals surface area contributed by atoms with Crippen molar-refractivity contribution >= 4 is 33.0 Å². The molecule has 0 saturated carbocycles. The average molecular weight is 1060 g/mol. The minimum absolute atomic E-state index is 0. The van der Waals surface area contributed by atoms with Crippen LogP contribution >= 0.6 is 0 Å². The molecule has 7 heteroatoms. The number of nitrogens with zero attached hydrogens (tertiary/aromatic N) is 4. The van der Waals surface area contributed by atoms with E-state index in [9.17, 15) is 9.65 Å². The second kappa shape index (κ2) is 19.6. The first-order valence-electron chi connectivity index (χ1n) is 22.5. The Morgan fingerprint density at radius 3 is 1.90 bits per heavy atom. The summed E-state index contributed by atoms with van der Waals surface area (Å²) in [4.78, 5) is 9.44. The summed E-state index contributed by atoms with van der Waals surface area (Å²) >= 11 is 0. The Labute approximate surface area is 409 Å². The molecule has 0 bridgehead atoms. The fraction of sp³-hybridized carbons (Fsp3) is 0.0984. The van der Waals surface area contributed by atoms with Crippen LogP contribution in [-0.2, 0) is 20.1 Å². The van der Waals surface area contributed by atoms with Crippen LogP contribution in [0.3, 0.4) is 0 Å². The van der Waals surface area contributed by atoms with Crippen LogP contribution in [0.4, 0.5) is 4.39 Å². The molecule has 0 N–H and O–H groups in total. The molecule has 0 aliphatic carbocycles. The van der Waals surface area contributed by atoms with Crippen molar-refractivity contribution in [2.24, 2.45) is 0 Å². The first-order chi connectivity index (χ1) is 32.7. The van der Waals surface area contributed by atoms with E-state index in [1.807, 2.05) is 78.9 Å². The molecule has 333 valence electrons. The number of hydrogen-bond donors (Lipinski definition) is 0. The third-order valence-corrected chi connectivity index (χ3v) is 12.2. The Morgan fingerprint density at radius 1 is 0.632 bits per heavy atom. The smallest absolute Gasteiger partial charge is 0.121 e. The maximum Gasteiger partial charge on any atom is 0.121 e. The van der Waals surface area contributed by atoms with Crippen LogP contribution in [0.1, 0.15) is 56.2 Å². The van der Waals surface area contributed by atoms with E-state index in [1.165, 1.54) is 45.5 Å². The third-order valence-electron chi connectivity index (χ3n) is 12.2. The fourth-order valence-corrected chi connectivity index (χ4v) is 8.88. The van der Waals surface area contributed by atoms with Gasteiger partial charge in [0.25, 0.3) is 0 Å². The first-order valence-corrected chi connectivity index (χ1v) is 22.5. The van der Waals surface area contributed by atoms with Gasteiger partial charge in [0.2, 0.25) is 0 Å². The minimum Gasteiger partial charge on any atom is -0.501 e. The standard InChI is InChI=1S/C50H38N3O.C11H7FN.Ir/c1-31(2)41-26-37(35-24-22-34(23-25-35)33-14-7-5-8-15-33)27-42(32(3)4)48(41)53-46-21-12-11-20-45(46)52-50(53)40-19-13-18-39-44-28-38(30-51)43(29-47(44)54-49(39)40)36-16-9-6-10-17-36;12-10-6-4-9(5-7-10)11-3-1-2-8-13-11;/h5-18,20-29,31-32H,1-4H3;1-4,6-8H;/q2*-1;. The van der Waals surface area contributed by atoms with Crippen LogP contribution in [-0.4, -0.2) is 14.5 Å². The molecule has 11 aromatic rings. The van der Waals surface area contributed by atoms with Crippen molar-refractivity contribution in [3.63, 3.8) is 0 Å². The zero-order chi connectivity index (χ0) is 46.0. The van der Waals surface area contributed by atoms with Crippen molar-refractivity contribution in [2.45, 2.75) is 39.5 Å². The fourth-order valence-electron chi connectivity index (χ4n) is 8.88. The number of pyridine rings is 1. The number of halogens is 1. The van der Waals surface area contributed by atoms with Gasteiger partial charge in [-0.3, -0.25) is 9.37 Å². The van der Waals surface area contributed by atoms with Gasteiger partial charge in [-0.05, 0) is 98.9 Å². The van der Waals surface area contributed by atoms with Gasteiger partial charge >= 0.3 is 0 Å². The number of fused-ring (bicyclic) bond motifs is 4. The van der Waals surface area contributed by atoms with E-state index >= 15 is 0 Å². The number of para-hydroxylation sites is 2. The largest absolute Gasteiger partial charge is 0.501 e. The summed E-state index contributed by atoms with van der Waals surface area (Å²) < 4.78 is 21.6. The van der Waals surface area contributed by atoms with Gasteiger partial charge in [0, 0.05) is 48.8 Å². The van der Waals surface area contributed by atoms with Gasteiger partial charge in [0.05, 0.1) is 34.1 Å². The average Bonchev–Trinajstić information content (AvgIpc) is 3.95. The normalized spacial score (nSPS) is 11.1. The van der Waals surface area contributed by atoms with Gasteiger partial charge < -0.3 is 14.0 Å². The Bertz CT molecular complexity index is 3550. The number of furan rings is 1. The first kappa shape index (κ1) is 45.4. The molecule has 0 atom stereocenters. The molecule has 0 aliphatic heterocycles. The molecule has 3 aromatic heterocycles. The van der Waals surface area contributed by atoms with Crippen molar-refractivity contribution in [3.05, 3.63) is 223 Å². The number of aromatic nitrogens is 3. The topological polar surface area (TPSA) is 67.6 Å². The van der Waals surface area contributed by atoms with Crippen molar-refractivity contribution in [3.8, 4) is 67.8 Å². The second-order valence-electron chi connectivity index (χ2n) is 17.2. The van der Waals surface area contributed by atoms with Gasteiger partial charge in [-0.2, -0.15) is 5.26 Å². The summed E-state index contributed by atoms with van der Waals surface area (Å²) in [5.41, 5.74) is 16.6. The van der Waals surface area contributed by atoms with E-state index in [2.05, 4.69) is 140 Å². The molecule has 0 amide bonds. The van der Waals surface area contributed by atoms with Gasteiger partial charge in [0.15, 0.2) is 0 Å². The molecule has 68 heavy (non-hydrogen) atoms. The molecule has 0 unspecified atom stereocenters. The van der Waals surface area contributed by atoms with Gasteiger partial charge in [0.1, 0.15) is 5.58 Å². The quantitative estimate of drug-likeness (QED) is 0.142. The van der Waals surface area contributed by atoms with Gasteiger partial charge in [-0.15, -0.1) is 48.0 Å². The van der Waals surface area contributed by atoms with E-state index in [4.69, 9.17) is 9.40 Å². The Balaban J connectivity index is 0.000000356. The van der Waals surface area contributed by atoms with E-state index in [0.29, 0.717) is 11.1 Å². The van der Waals surface area contributed by atoms with Gasteiger partial charge in [-0.1, -0.05) is 148 Å². The minimum atomic E-state index is -0.278. The number of imidazole rings is 1. The molecular weight excluding hydrogens is 1020 g/mol. The summed E-state index contributed by atoms with van der Waals surface area (Å²) in [7, 11) is 0. The third kappa shape index (κ3) is 8.80. The van der Waals surface area contributed by atoms with Crippen LogP contribution in [0.25, 0.3) is 94.7 Å². The van der Waals surface area contributed by atoms with Crippen LogP contribution in [0, 0.1) is 29.3 Å². The predicted molar refractivity (Wildman–Crippen MR) is 270 cm³/mol. The van der Waals surface area contributed by atoms with Crippen molar-refractivity contribution in [1.29, 1.82) is 5.26 Å². The molecule has 0 fully saturated rings. The number of nitriles is 1. The van der Waals surface area contributed by atoms with E-state index in [1.54, 1.807) is 12.3 Å². The Kier molecular flexibility index (Phi) is 13.1. The number of rotatable bonds is 8. The predicted octanol–water partition coefficient (Wildman–Crippen LogP) is 16.2. The van der Waals surface area contributed by atoms with Crippen LogP contribution in [0.2, 0.25) is 0 Å². The maximum absolute atomic E-state index is 12.6. The monoisotopic (exact) mass is 1060 g/mol. The van der Waals surface area contributed by atoms with Crippen LogP contribution < -0.4 is 0 Å². The summed E-state index contributed by atoms with van der Waals surface area (Å²) in [5, 5.41) is 12.0. The Hall–Kier alpha value is -7.75. The van der Waals surface area contributed by atoms with Crippen molar-refractivity contribution in [1.82, 2.24) is 14.5 Å². The second-order valence-corrected chi connectivity index (χ2v) is 17.2. The molecule has 3 heterocycles. The molecule has 0 spiro atoms. The Morgan fingerprint density at radius 2 is 1.26 bits per heavy atom. The molecule has 8 aromatic carbocycles. The number of hydrogen-bond acceptors (Lipinski definition) is 4. The zero-order valence-electron chi connectivity index (χ0n) is 38.0. The summed E-state index contributed by atoms with van der Waals surface area (Å²) in [5.74, 6) is 0.941. The van der Waals surface area contributed by atoms with E-state index in [0.717, 1.165) is 66.8 Å². The van der Waals surface area contributed by atoms with Crippen LogP contribution in [0.15, 0.2) is 193 Å². The van der Waals surface area contributed by atoms with Crippen molar-refractivity contribution < 1.29 is 28.9 Å². The molecule has 1 radical (unpaired) electrons. The summed E-state index contributed by atoms with van der Waals surface area (Å²) in [6.45, 7) is 9.08. The molecular formula is C61H45FIrN4O-2. The van der Waals surface area contributed by atoms with E-state index < -0.39 is 0 Å². The van der Waals surface area contributed by atoms with E-state index in [-0.39, 0.29) is 37.8 Å².